The minimum absolute atomic E-state index is 0.306. The Kier molecular flexibility index (Phi) is 2.69. The van der Waals surface area contributed by atoms with E-state index < -0.39 is 5.97 Å². The topological polar surface area (TPSA) is 72.0 Å². The molecular weight excluding hydrogens is 174 g/mol. The van der Waals surface area contributed by atoms with E-state index in [1.165, 1.54) is 13.2 Å². The van der Waals surface area contributed by atoms with Crippen LogP contribution in [0.3, 0.4) is 0 Å². The fourth-order valence-electron chi connectivity index (χ4n) is 0.938. The van der Waals surface area contributed by atoms with E-state index in [0.717, 1.165) is 6.21 Å². The van der Waals surface area contributed by atoms with Crippen LogP contribution in [0.25, 0.3) is 0 Å². The first-order valence-electron chi connectivity index (χ1n) is 3.55. The molecule has 0 radical (unpaired) electrons. The number of carbonyl (C=O) groups is 1. The molecule has 0 amide bonds. The lowest BCUT2D eigenvalue weighted by Gasteiger charge is -1.93. The summed E-state index contributed by atoms with van der Waals surface area (Å²) < 4.78 is 9.57. The van der Waals surface area contributed by atoms with Gasteiger partial charge in [0.05, 0.1) is 7.11 Å². The average Bonchev–Trinajstić information content (AvgIpc) is 2.46. The smallest absolute Gasteiger partial charge is 0.341 e. The highest BCUT2D eigenvalue weighted by Gasteiger charge is 2.14. The Hall–Kier alpha value is -1.78. The molecule has 0 bridgehead atoms. The zero-order valence-electron chi connectivity index (χ0n) is 7.27. The van der Waals surface area contributed by atoms with E-state index in [4.69, 9.17) is 9.62 Å². The highest BCUT2D eigenvalue weighted by Crippen LogP contribution is 2.13. The van der Waals surface area contributed by atoms with Gasteiger partial charge >= 0.3 is 5.97 Å². The van der Waals surface area contributed by atoms with E-state index in [1.807, 2.05) is 0 Å². The predicted molar refractivity (Wildman–Crippen MR) is 44.2 cm³/mol. The molecule has 5 heteroatoms. The number of ether oxygens (including phenoxy) is 1. The molecular formula is C8H9NO4. The third-order valence-corrected chi connectivity index (χ3v) is 1.53. The van der Waals surface area contributed by atoms with Crippen molar-refractivity contribution in [1.82, 2.24) is 0 Å². The van der Waals surface area contributed by atoms with Crippen LogP contribution in [0.1, 0.15) is 21.9 Å². The molecule has 0 spiro atoms. The molecule has 0 atom stereocenters. The van der Waals surface area contributed by atoms with Gasteiger partial charge in [-0.2, -0.15) is 0 Å². The van der Waals surface area contributed by atoms with Gasteiger partial charge in [0.15, 0.2) is 0 Å². The third-order valence-electron chi connectivity index (χ3n) is 1.53. The number of hydrogen-bond acceptors (Lipinski definition) is 5. The maximum atomic E-state index is 11.1. The number of oxime groups is 1. The second-order valence-corrected chi connectivity index (χ2v) is 2.35. The normalized spacial score (nSPS) is 10.6. The Morgan fingerprint density at radius 1 is 1.77 bits per heavy atom. The maximum Gasteiger partial charge on any atom is 0.341 e. The van der Waals surface area contributed by atoms with E-state index in [2.05, 4.69) is 9.89 Å². The molecule has 1 rings (SSSR count). The van der Waals surface area contributed by atoms with E-state index in [-0.39, 0.29) is 0 Å². The second-order valence-electron chi connectivity index (χ2n) is 2.35. The number of nitrogens with zero attached hydrogens (tertiary/aromatic N) is 1. The Morgan fingerprint density at radius 3 is 3.00 bits per heavy atom. The van der Waals surface area contributed by atoms with Gasteiger partial charge in [-0.25, -0.2) is 4.79 Å². The number of hydrogen-bond donors (Lipinski definition) is 1. The van der Waals surface area contributed by atoms with Gasteiger partial charge in [0.1, 0.15) is 23.3 Å². The molecule has 0 aromatic carbocycles. The standard InChI is InChI=1S/C8H9NO4/c1-5-7(8(10)12-2)3-6(13-5)4-9-11/h3-4,11H,1-2H3/b9-4-. The molecule has 1 heterocycles. The Morgan fingerprint density at radius 2 is 2.46 bits per heavy atom. The summed E-state index contributed by atoms with van der Waals surface area (Å²) in [6, 6.07) is 1.45. The van der Waals surface area contributed by atoms with Crippen LogP contribution in [0.4, 0.5) is 0 Å². The average molecular weight is 183 g/mol. The SMILES string of the molecule is COC(=O)c1cc(/C=N\O)oc1C. The molecule has 0 aliphatic heterocycles. The van der Waals surface area contributed by atoms with Crippen molar-refractivity contribution in [2.45, 2.75) is 6.92 Å². The molecule has 0 saturated carbocycles. The van der Waals surface area contributed by atoms with Crippen LogP contribution in [0.5, 0.6) is 0 Å². The lowest BCUT2D eigenvalue weighted by molar-refractivity contribution is 0.0599. The first-order chi connectivity index (χ1) is 6.19. The quantitative estimate of drug-likeness (QED) is 0.323. The highest BCUT2D eigenvalue weighted by atomic mass is 16.5. The molecule has 0 aliphatic rings. The number of rotatable bonds is 2. The summed E-state index contributed by atoms with van der Waals surface area (Å²) >= 11 is 0. The van der Waals surface area contributed by atoms with E-state index in [9.17, 15) is 4.79 Å². The number of esters is 1. The Balaban J connectivity index is 3.02. The maximum absolute atomic E-state index is 11.1. The molecule has 70 valence electrons. The summed E-state index contributed by atoms with van der Waals surface area (Å²) in [5.41, 5.74) is 0.331. The fraction of sp³-hybridized carbons (Fsp3) is 0.250. The summed E-state index contributed by atoms with van der Waals surface area (Å²) in [5.74, 6) is 0.265. The number of carbonyl (C=O) groups excluding carboxylic acids is 1. The van der Waals surface area contributed by atoms with E-state index in [0.29, 0.717) is 17.1 Å². The first kappa shape index (κ1) is 9.31. The molecule has 0 aliphatic carbocycles. The van der Waals surface area contributed by atoms with Crippen molar-refractivity contribution in [2.24, 2.45) is 5.16 Å². The molecule has 1 aromatic heterocycles. The van der Waals surface area contributed by atoms with Gasteiger partial charge in [0.2, 0.25) is 0 Å². The summed E-state index contributed by atoms with van der Waals surface area (Å²) in [6.07, 6.45) is 1.10. The zero-order chi connectivity index (χ0) is 9.84. The van der Waals surface area contributed by atoms with E-state index >= 15 is 0 Å². The van der Waals surface area contributed by atoms with Crippen molar-refractivity contribution in [3.8, 4) is 0 Å². The molecule has 5 nitrogen and oxygen atoms in total. The van der Waals surface area contributed by atoms with Crippen LogP contribution in [-0.2, 0) is 4.74 Å². The van der Waals surface area contributed by atoms with Crippen molar-refractivity contribution in [1.29, 1.82) is 0 Å². The van der Waals surface area contributed by atoms with Gasteiger partial charge in [0.25, 0.3) is 0 Å². The van der Waals surface area contributed by atoms with Gasteiger partial charge in [-0.1, -0.05) is 5.16 Å². The van der Waals surface area contributed by atoms with Crippen LogP contribution >= 0.6 is 0 Å². The monoisotopic (exact) mass is 183 g/mol. The van der Waals surface area contributed by atoms with Crippen LogP contribution in [0.15, 0.2) is 15.6 Å². The lowest BCUT2D eigenvalue weighted by atomic mass is 10.2. The summed E-state index contributed by atoms with van der Waals surface area (Å²) in [4.78, 5) is 11.1. The van der Waals surface area contributed by atoms with Crippen LogP contribution in [0.2, 0.25) is 0 Å². The second kappa shape index (κ2) is 3.75. The lowest BCUT2D eigenvalue weighted by Crippen LogP contribution is -2.00. The predicted octanol–water partition coefficient (Wildman–Crippen LogP) is 1.18. The molecule has 0 fully saturated rings. The zero-order valence-corrected chi connectivity index (χ0v) is 7.27. The minimum atomic E-state index is -0.473. The number of methoxy groups -OCH3 is 1. The molecule has 0 unspecified atom stereocenters. The third kappa shape index (κ3) is 1.87. The molecule has 0 saturated heterocycles. The van der Waals surface area contributed by atoms with Gasteiger partial charge in [-0.3, -0.25) is 0 Å². The van der Waals surface area contributed by atoms with Gasteiger partial charge in [0, 0.05) is 6.07 Å². The van der Waals surface area contributed by atoms with E-state index in [1.54, 1.807) is 6.92 Å². The Bertz CT molecular complexity index is 340. The fourth-order valence-corrected chi connectivity index (χ4v) is 0.938. The van der Waals surface area contributed by atoms with Gasteiger partial charge in [-0.15, -0.1) is 0 Å². The molecule has 1 aromatic rings. The van der Waals surface area contributed by atoms with Crippen LogP contribution < -0.4 is 0 Å². The number of aryl methyl sites for hydroxylation is 1. The van der Waals surface area contributed by atoms with Crippen molar-refractivity contribution in [3.05, 3.63) is 23.2 Å². The molecule has 1 N–H and O–H groups in total. The van der Waals surface area contributed by atoms with Crippen molar-refractivity contribution in [3.63, 3.8) is 0 Å². The summed E-state index contributed by atoms with van der Waals surface area (Å²) in [5, 5.41) is 11.0. The summed E-state index contributed by atoms with van der Waals surface area (Å²) in [7, 11) is 1.29. The summed E-state index contributed by atoms with van der Waals surface area (Å²) in [6.45, 7) is 1.63. The Labute approximate surface area is 74.6 Å². The molecule has 13 heavy (non-hydrogen) atoms. The van der Waals surface area contributed by atoms with Crippen molar-refractivity contribution in [2.75, 3.05) is 7.11 Å². The van der Waals surface area contributed by atoms with Gasteiger partial charge in [-0.05, 0) is 6.92 Å². The number of furan rings is 1. The van der Waals surface area contributed by atoms with Crippen LogP contribution in [-0.4, -0.2) is 24.5 Å². The minimum Gasteiger partial charge on any atom is -0.465 e. The van der Waals surface area contributed by atoms with Crippen LogP contribution in [0, 0.1) is 6.92 Å². The van der Waals surface area contributed by atoms with Crippen molar-refractivity contribution >= 4 is 12.2 Å². The van der Waals surface area contributed by atoms with Gasteiger partial charge < -0.3 is 14.4 Å². The first-order valence-corrected chi connectivity index (χ1v) is 3.55. The highest BCUT2D eigenvalue weighted by molar-refractivity contribution is 5.92. The van der Waals surface area contributed by atoms with Crippen molar-refractivity contribution < 1.29 is 19.2 Å². The largest absolute Gasteiger partial charge is 0.465 e.